The molecule has 3 aromatic heterocycles. The molecule has 138 valence electrons. The van der Waals surface area contributed by atoms with Crippen LogP contribution in [-0.2, 0) is 13.2 Å². The largest absolute Gasteiger partial charge is 0.497 e. The summed E-state index contributed by atoms with van der Waals surface area (Å²) in [5.41, 5.74) is 0.989. The predicted octanol–water partition coefficient (Wildman–Crippen LogP) is 2.87. The Morgan fingerprint density at radius 1 is 1.15 bits per heavy atom. The summed E-state index contributed by atoms with van der Waals surface area (Å²) in [6.07, 6.45) is 3.11. The second kappa shape index (κ2) is 7.32. The van der Waals surface area contributed by atoms with Gasteiger partial charge in [0.25, 0.3) is 5.88 Å². The number of aryl methyl sites for hydroxylation is 1. The number of aromatic nitrogens is 5. The van der Waals surface area contributed by atoms with Crippen molar-refractivity contribution >= 4 is 0 Å². The molecule has 0 saturated carbocycles. The van der Waals surface area contributed by atoms with E-state index in [1.165, 1.54) is 6.26 Å². The van der Waals surface area contributed by atoms with Crippen molar-refractivity contribution < 1.29 is 18.4 Å². The summed E-state index contributed by atoms with van der Waals surface area (Å²) in [4.78, 5) is 4.12. The van der Waals surface area contributed by atoms with E-state index in [0.29, 0.717) is 42.3 Å². The molecule has 0 bridgehead atoms. The SMILES string of the molecule is COc1ccc(COc2cc(-c3nnc(C)n3Cc3ncco3)on2)cc1. The first-order valence-corrected chi connectivity index (χ1v) is 8.24. The molecule has 9 nitrogen and oxygen atoms in total. The first-order chi connectivity index (χ1) is 13.2. The van der Waals surface area contributed by atoms with Crippen molar-refractivity contribution in [1.29, 1.82) is 0 Å². The van der Waals surface area contributed by atoms with E-state index in [-0.39, 0.29) is 0 Å². The van der Waals surface area contributed by atoms with E-state index in [0.717, 1.165) is 11.3 Å². The Balaban J connectivity index is 1.47. The van der Waals surface area contributed by atoms with Crippen LogP contribution < -0.4 is 9.47 Å². The van der Waals surface area contributed by atoms with Crippen molar-refractivity contribution in [2.75, 3.05) is 7.11 Å². The minimum absolute atomic E-state index is 0.359. The number of hydrogen-bond acceptors (Lipinski definition) is 8. The zero-order valence-corrected chi connectivity index (χ0v) is 14.8. The first-order valence-electron chi connectivity index (χ1n) is 8.24. The second-order valence-corrected chi connectivity index (χ2v) is 5.75. The molecular formula is C18H17N5O4. The van der Waals surface area contributed by atoms with E-state index < -0.39 is 0 Å². The highest BCUT2D eigenvalue weighted by Crippen LogP contribution is 2.24. The van der Waals surface area contributed by atoms with Crippen LogP contribution in [-0.4, -0.2) is 32.0 Å². The lowest BCUT2D eigenvalue weighted by Gasteiger charge is -2.04. The van der Waals surface area contributed by atoms with E-state index in [1.807, 2.05) is 35.8 Å². The van der Waals surface area contributed by atoms with Crippen LogP contribution in [0, 0.1) is 6.92 Å². The lowest BCUT2D eigenvalue weighted by Crippen LogP contribution is -2.04. The molecule has 0 amide bonds. The Bertz CT molecular complexity index is 1010. The number of nitrogens with zero attached hydrogens (tertiary/aromatic N) is 5. The molecule has 0 unspecified atom stereocenters. The van der Waals surface area contributed by atoms with E-state index in [1.54, 1.807) is 19.4 Å². The molecule has 0 radical (unpaired) electrons. The zero-order chi connectivity index (χ0) is 18.6. The van der Waals surface area contributed by atoms with Crippen LogP contribution in [0.15, 0.2) is 51.7 Å². The van der Waals surface area contributed by atoms with Crippen molar-refractivity contribution in [2.24, 2.45) is 0 Å². The fourth-order valence-corrected chi connectivity index (χ4v) is 2.53. The van der Waals surface area contributed by atoms with Crippen LogP contribution in [0.4, 0.5) is 0 Å². The van der Waals surface area contributed by atoms with Crippen LogP contribution in [0.25, 0.3) is 11.6 Å². The van der Waals surface area contributed by atoms with Gasteiger partial charge < -0.3 is 18.4 Å². The maximum atomic E-state index is 5.69. The van der Waals surface area contributed by atoms with Gasteiger partial charge in [-0.2, -0.15) is 0 Å². The minimum atomic E-state index is 0.359. The van der Waals surface area contributed by atoms with Gasteiger partial charge in [0.05, 0.1) is 19.4 Å². The molecule has 4 rings (SSSR count). The van der Waals surface area contributed by atoms with Crippen molar-refractivity contribution in [2.45, 2.75) is 20.1 Å². The van der Waals surface area contributed by atoms with Crippen molar-refractivity contribution in [1.82, 2.24) is 24.9 Å². The Labute approximate surface area is 154 Å². The van der Waals surface area contributed by atoms with Crippen molar-refractivity contribution in [3.05, 3.63) is 60.1 Å². The smallest absolute Gasteiger partial charge is 0.255 e. The highest BCUT2D eigenvalue weighted by Gasteiger charge is 2.18. The molecule has 0 saturated heterocycles. The molecule has 0 N–H and O–H groups in total. The Hall–Kier alpha value is -3.62. The van der Waals surface area contributed by atoms with Crippen molar-refractivity contribution in [3.63, 3.8) is 0 Å². The molecule has 0 aliphatic carbocycles. The quantitative estimate of drug-likeness (QED) is 0.491. The van der Waals surface area contributed by atoms with E-state index in [2.05, 4.69) is 20.3 Å². The lowest BCUT2D eigenvalue weighted by atomic mass is 10.2. The first kappa shape index (κ1) is 16.8. The van der Waals surface area contributed by atoms with Crippen molar-refractivity contribution in [3.8, 4) is 23.2 Å². The Morgan fingerprint density at radius 2 is 2.00 bits per heavy atom. The average Bonchev–Trinajstić information content (AvgIpc) is 3.44. The van der Waals surface area contributed by atoms with Crippen LogP contribution in [0.5, 0.6) is 11.6 Å². The summed E-state index contributed by atoms with van der Waals surface area (Å²) in [7, 11) is 1.63. The highest BCUT2D eigenvalue weighted by molar-refractivity contribution is 5.48. The number of rotatable bonds is 7. The Morgan fingerprint density at radius 3 is 2.74 bits per heavy atom. The van der Waals surface area contributed by atoms with Gasteiger partial charge >= 0.3 is 0 Å². The molecule has 27 heavy (non-hydrogen) atoms. The number of hydrogen-bond donors (Lipinski definition) is 0. The molecule has 4 aromatic rings. The van der Waals surface area contributed by atoms with Crippen LogP contribution >= 0.6 is 0 Å². The molecule has 0 aliphatic rings. The van der Waals surface area contributed by atoms with Gasteiger partial charge in [-0.3, -0.25) is 4.57 Å². The molecule has 9 heteroatoms. The summed E-state index contributed by atoms with van der Waals surface area (Å²) < 4.78 is 23.3. The summed E-state index contributed by atoms with van der Waals surface area (Å²) in [6, 6.07) is 9.28. The van der Waals surface area contributed by atoms with E-state index in [4.69, 9.17) is 18.4 Å². The standard InChI is InChI=1S/C18H17N5O4/c1-12-20-21-18(23(12)10-17-19-7-8-25-17)15-9-16(22-27-15)26-11-13-3-5-14(24-2)6-4-13/h3-9H,10-11H2,1-2H3. The van der Waals surface area contributed by atoms with Gasteiger partial charge in [0, 0.05) is 0 Å². The maximum absolute atomic E-state index is 5.69. The Kier molecular flexibility index (Phi) is 4.56. The summed E-state index contributed by atoms with van der Waals surface area (Å²) in [5.74, 6) is 3.40. The van der Waals surface area contributed by atoms with Crippen LogP contribution in [0.1, 0.15) is 17.3 Å². The molecule has 3 heterocycles. The molecule has 0 fully saturated rings. The monoisotopic (exact) mass is 367 g/mol. The van der Waals surface area contributed by atoms with Gasteiger partial charge in [0.15, 0.2) is 0 Å². The predicted molar refractivity (Wildman–Crippen MR) is 93.2 cm³/mol. The molecule has 0 spiro atoms. The lowest BCUT2D eigenvalue weighted by molar-refractivity contribution is 0.270. The number of benzene rings is 1. The molecule has 0 atom stereocenters. The fraction of sp³-hybridized carbons (Fsp3) is 0.222. The molecular weight excluding hydrogens is 350 g/mol. The van der Waals surface area contributed by atoms with Gasteiger partial charge in [0.1, 0.15) is 31.0 Å². The number of ether oxygens (including phenoxy) is 2. The van der Waals surface area contributed by atoms with Gasteiger partial charge in [-0.1, -0.05) is 12.1 Å². The third-order valence-electron chi connectivity index (χ3n) is 3.97. The van der Waals surface area contributed by atoms with E-state index >= 15 is 0 Å². The summed E-state index contributed by atoms with van der Waals surface area (Å²) in [5, 5.41) is 12.2. The fourth-order valence-electron chi connectivity index (χ4n) is 2.53. The normalized spacial score (nSPS) is 10.9. The summed E-state index contributed by atoms with van der Waals surface area (Å²) in [6.45, 7) is 2.60. The van der Waals surface area contributed by atoms with Gasteiger partial charge in [-0.15, -0.1) is 10.2 Å². The van der Waals surface area contributed by atoms with Gasteiger partial charge in [-0.25, -0.2) is 4.98 Å². The second-order valence-electron chi connectivity index (χ2n) is 5.75. The molecule has 0 aliphatic heterocycles. The van der Waals surface area contributed by atoms with Crippen LogP contribution in [0.2, 0.25) is 0 Å². The number of methoxy groups -OCH3 is 1. The minimum Gasteiger partial charge on any atom is -0.497 e. The zero-order valence-electron chi connectivity index (χ0n) is 14.8. The average molecular weight is 367 g/mol. The summed E-state index contributed by atoms with van der Waals surface area (Å²) >= 11 is 0. The third kappa shape index (κ3) is 3.66. The van der Waals surface area contributed by atoms with Crippen LogP contribution in [0.3, 0.4) is 0 Å². The van der Waals surface area contributed by atoms with E-state index in [9.17, 15) is 0 Å². The van der Waals surface area contributed by atoms with Gasteiger partial charge in [-0.05, 0) is 29.8 Å². The molecule has 1 aromatic carbocycles. The highest BCUT2D eigenvalue weighted by atomic mass is 16.5. The van der Waals surface area contributed by atoms with Gasteiger partial charge in [0.2, 0.25) is 17.5 Å². The number of oxazole rings is 1. The topological polar surface area (TPSA) is 101 Å². The third-order valence-corrected chi connectivity index (χ3v) is 3.97. The maximum Gasteiger partial charge on any atom is 0.255 e.